The van der Waals surface area contributed by atoms with Crippen molar-refractivity contribution in [2.24, 2.45) is 5.92 Å². The second-order valence-electron chi connectivity index (χ2n) is 12.9. The maximum absolute atomic E-state index is 13.2. The van der Waals surface area contributed by atoms with E-state index in [-0.39, 0.29) is 40.2 Å². The standard InChI is InChI=1S/C17H20ClNO5S.C15H16ClN3O3S.C2H4O2/c1-2-24-17(21)16-14-5-3-4-12(10-15(16)20)19(14)25(22,23)13-8-6-11(18)7-9-13;16-9-4-6-11(7-5-9)23(21,22)19-10-2-1-3-13(19)14-12(8-10)17-18-15(14)20;1-2(3)4/h6-9,12,14,16H,2-5,10H2,1H3;4-7,10,13H,1-3,8H2,(H2,17,18,20);1H3,(H,3,4). The molecule has 4 aliphatic heterocycles. The number of hydrogen-bond donors (Lipinski definition) is 3. The van der Waals surface area contributed by atoms with Gasteiger partial charge in [-0.25, -0.2) is 16.8 Å². The van der Waals surface area contributed by atoms with Crippen molar-refractivity contribution >= 4 is 61.0 Å². The highest BCUT2D eigenvalue weighted by molar-refractivity contribution is 7.89. The quantitative estimate of drug-likeness (QED) is 0.232. The Kier molecular flexibility index (Phi) is 12.4. The first-order valence-corrected chi connectivity index (χ1v) is 20.5. The third-order valence-electron chi connectivity index (χ3n) is 9.56. The van der Waals surface area contributed by atoms with Gasteiger partial charge in [-0.05, 0) is 87.6 Å². The first-order valence-electron chi connectivity index (χ1n) is 16.8. The Morgan fingerprint density at radius 2 is 1.31 bits per heavy atom. The normalized spacial score (nSPS) is 24.3. The van der Waals surface area contributed by atoms with Gasteiger partial charge in [-0.1, -0.05) is 29.6 Å². The highest BCUT2D eigenvalue weighted by Gasteiger charge is 2.53. The number of ether oxygens (including phenoxy) is 1. The molecular formula is C34H40Cl2N4O10S2. The van der Waals surface area contributed by atoms with Crippen molar-refractivity contribution in [3.05, 3.63) is 80.2 Å². The monoisotopic (exact) mass is 798 g/mol. The summed E-state index contributed by atoms with van der Waals surface area (Å²) in [4.78, 5) is 46.1. The Balaban J connectivity index is 0.000000183. The van der Waals surface area contributed by atoms with Crippen LogP contribution in [0.2, 0.25) is 10.0 Å². The zero-order valence-corrected chi connectivity index (χ0v) is 31.6. The van der Waals surface area contributed by atoms with Gasteiger partial charge in [0.15, 0.2) is 0 Å². The second kappa shape index (κ2) is 16.2. The summed E-state index contributed by atoms with van der Waals surface area (Å²) in [6, 6.07) is 10.5. The van der Waals surface area contributed by atoms with E-state index in [9.17, 15) is 31.2 Å². The van der Waals surface area contributed by atoms with Gasteiger partial charge in [0.1, 0.15) is 11.7 Å². The molecule has 0 saturated carbocycles. The fourth-order valence-corrected chi connectivity index (χ4v) is 11.5. The number of hydrogen-bond acceptors (Lipinski definition) is 9. The van der Waals surface area contributed by atoms with Crippen molar-refractivity contribution in [1.29, 1.82) is 0 Å². The van der Waals surface area contributed by atoms with Crippen LogP contribution >= 0.6 is 23.2 Å². The number of H-pyrrole nitrogens is 2. The number of Topliss-reactive ketones (excluding diaryl/α,β-unsaturated/α-hetero) is 1. The van der Waals surface area contributed by atoms with Crippen molar-refractivity contribution in [2.75, 3.05) is 6.61 Å². The lowest BCUT2D eigenvalue weighted by molar-refractivity contribution is -0.157. The number of nitrogens with one attached hydrogen (secondary N) is 2. The molecule has 18 heteroatoms. The van der Waals surface area contributed by atoms with Gasteiger partial charge in [0.05, 0.1) is 28.0 Å². The summed E-state index contributed by atoms with van der Waals surface area (Å²) in [5, 5.41) is 13.8. The summed E-state index contributed by atoms with van der Waals surface area (Å²) in [5.74, 6) is -2.73. The SMILES string of the molecule is CC(=O)O.CCOC(=O)C1C(=O)CC2CCCC1N2S(=O)(=O)c1ccc(Cl)cc1.O=c1[nH][nH]c2c1C1CCCC(C2)N1S(=O)(=O)c1ccc(Cl)cc1. The molecule has 4 bridgehead atoms. The van der Waals surface area contributed by atoms with Gasteiger partial charge in [-0.3, -0.25) is 24.3 Å². The molecule has 0 spiro atoms. The zero-order valence-electron chi connectivity index (χ0n) is 28.5. The van der Waals surface area contributed by atoms with Crippen LogP contribution in [0.15, 0.2) is 63.1 Å². The number of fused-ring (bicyclic) bond motifs is 6. The van der Waals surface area contributed by atoms with E-state index in [1.165, 1.54) is 45.0 Å². The molecule has 0 amide bonds. The Labute approximate surface area is 311 Å². The lowest BCUT2D eigenvalue weighted by atomic mass is 9.78. The molecule has 52 heavy (non-hydrogen) atoms. The molecule has 5 unspecified atom stereocenters. The number of aromatic nitrogens is 2. The van der Waals surface area contributed by atoms with Crippen LogP contribution in [0.4, 0.5) is 0 Å². The number of rotatable bonds is 6. The van der Waals surface area contributed by atoms with Crippen LogP contribution in [0.5, 0.6) is 0 Å². The van der Waals surface area contributed by atoms with Crippen LogP contribution in [0.1, 0.15) is 76.1 Å². The van der Waals surface area contributed by atoms with Crippen molar-refractivity contribution in [1.82, 2.24) is 18.8 Å². The third-order valence-corrected chi connectivity index (χ3v) is 14.0. The number of piperidine rings is 3. The number of ketones is 1. The van der Waals surface area contributed by atoms with Gasteiger partial charge in [-0.2, -0.15) is 8.61 Å². The van der Waals surface area contributed by atoms with E-state index < -0.39 is 56.0 Å². The van der Waals surface area contributed by atoms with Gasteiger partial charge in [-0.15, -0.1) is 0 Å². The minimum absolute atomic E-state index is 0.0484. The van der Waals surface area contributed by atoms with Crippen LogP contribution in [-0.2, 0) is 45.6 Å². The Morgan fingerprint density at radius 1 is 0.808 bits per heavy atom. The molecule has 2 aromatic carbocycles. The molecule has 3 aromatic rings. The lowest BCUT2D eigenvalue weighted by Gasteiger charge is -2.46. The summed E-state index contributed by atoms with van der Waals surface area (Å²) >= 11 is 11.7. The molecule has 282 valence electrons. The second-order valence-corrected chi connectivity index (χ2v) is 17.5. The van der Waals surface area contributed by atoms with E-state index in [0.29, 0.717) is 41.3 Å². The fraction of sp³-hybridized carbons (Fsp3) is 0.471. The van der Waals surface area contributed by atoms with Crippen molar-refractivity contribution in [2.45, 2.75) is 99.2 Å². The fourth-order valence-electron chi connectivity index (χ4n) is 7.56. The number of carboxylic acids is 1. The molecule has 5 heterocycles. The highest BCUT2D eigenvalue weighted by Crippen LogP contribution is 2.43. The Hall–Kier alpha value is -3.54. The van der Waals surface area contributed by atoms with E-state index in [4.69, 9.17) is 37.8 Å². The number of halogens is 2. The van der Waals surface area contributed by atoms with E-state index in [0.717, 1.165) is 31.9 Å². The smallest absolute Gasteiger partial charge is 0.318 e. The van der Waals surface area contributed by atoms with Gasteiger partial charge in [0.25, 0.3) is 11.5 Å². The summed E-state index contributed by atoms with van der Waals surface area (Å²) in [6.07, 6.45) is 4.84. The summed E-state index contributed by atoms with van der Waals surface area (Å²) in [7, 11) is -7.50. The lowest BCUT2D eigenvalue weighted by Crippen LogP contribution is -2.61. The minimum atomic E-state index is -3.83. The predicted octanol–water partition coefficient (Wildman–Crippen LogP) is 4.69. The average molecular weight is 800 g/mol. The number of benzene rings is 2. The number of sulfonamides is 2. The number of carbonyl (C=O) groups is 3. The van der Waals surface area contributed by atoms with Crippen molar-refractivity contribution < 1.29 is 41.1 Å². The van der Waals surface area contributed by atoms with Crippen LogP contribution < -0.4 is 5.56 Å². The van der Waals surface area contributed by atoms with Gasteiger partial charge < -0.3 is 14.9 Å². The van der Waals surface area contributed by atoms with Crippen molar-refractivity contribution in [3.8, 4) is 0 Å². The Bertz CT molecular complexity index is 2060. The highest BCUT2D eigenvalue weighted by atomic mass is 35.5. The molecule has 14 nitrogen and oxygen atoms in total. The van der Waals surface area contributed by atoms with Crippen molar-refractivity contribution in [3.63, 3.8) is 0 Å². The molecule has 3 saturated heterocycles. The largest absolute Gasteiger partial charge is 0.481 e. The van der Waals surface area contributed by atoms with E-state index >= 15 is 0 Å². The van der Waals surface area contributed by atoms with Crippen LogP contribution in [0.3, 0.4) is 0 Å². The summed E-state index contributed by atoms with van der Waals surface area (Å²) in [6.45, 7) is 2.90. The molecule has 3 N–H and O–H groups in total. The Morgan fingerprint density at radius 3 is 1.85 bits per heavy atom. The molecule has 3 fully saturated rings. The summed E-state index contributed by atoms with van der Waals surface area (Å²) < 4.78 is 60.5. The average Bonchev–Trinajstić information content (AvgIpc) is 3.44. The number of carboxylic acid groups (broad SMARTS) is 1. The number of nitrogens with zero attached hydrogens (tertiary/aromatic N) is 2. The van der Waals surface area contributed by atoms with Crippen LogP contribution in [0.25, 0.3) is 0 Å². The maximum atomic E-state index is 13.2. The molecule has 0 radical (unpaired) electrons. The summed E-state index contributed by atoms with van der Waals surface area (Å²) in [5.41, 5.74) is 1.19. The van der Waals surface area contributed by atoms with Crippen LogP contribution in [0, 0.1) is 5.92 Å². The first kappa shape index (κ1) is 39.7. The van der Waals surface area contributed by atoms with Gasteiger partial charge >= 0.3 is 5.97 Å². The number of esters is 1. The third kappa shape index (κ3) is 8.16. The minimum Gasteiger partial charge on any atom is -0.481 e. The molecule has 4 aliphatic rings. The predicted molar refractivity (Wildman–Crippen MR) is 191 cm³/mol. The molecule has 0 aliphatic carbocycles. The van der Waals surface area contributed by atoms with E-state index in [1.54, 1.807) is 19.1 Å². The van der Waals surface area contributed by atoms with Gasteiger partial charge in [0.2, 0.25) is 20.0 Å². The number of aromatic amines is 2. The maximum Gasteiger partial charge on any atom is 0.318 e. The number of carbonyl (C=O) groups excluding carboxylic acids is 2. The molecule has 1 aromatic heterocycles. The molecule has 5 atom stereocenters. The van der Waals surface area contributed by atoms with E-state index in [1.807, 2.05) is 0 Å². The first-order chi connectivity index (χ1) is 24.6. The zero-order chi connectivity index (χ0) is 38.0. The topological polar surface area (TPSA) is 204 Å². The van der Waals surface area contributed by atoms with E-state index in [2.05, 4.69) is 10.2 Å². The molecule has 7 rings (SSSR count). The number of aliphatic carboxylic acids is 1. The van der Waals surface area contributed by atoms with Gasteiger partial charge in [0, 0.05) is 53.6 Å². The van der Waals surface area contributed by atoms with Crippen LogP contribution in [-0.4, -0.2) is 83.2 Å². The molecular weight excluding hydrogens is 759 g/mol.